The van der Waals surface area contributed by atoms with E-state index in [0.29, 0.717) is 17.9 Å². The van der Waals surface area contributed by atoms with Gasteiger partial charge in [-0.3, -0.25) is 9.59 Å². The second-order valence-electron chi connectivity index (χ2n) is 7.27. The van der Waals surface area contributed by atoms with Gasteiger partial charge in [-0.05, 0) is 42.8 Å². The van der Waals surface area contributed by atoms with Gasteiger partial charge < -0.3 is 15.0 Å². The van der Waals surface area contributed by atoms with Crippen LogP contribution in [0.4, 0.5) is 14.5 Å². The van der Waals surface area contributed by atoms with Crippen molar-refractivity contribution in [3.8, 4) is 11.1 Å². The summed E-state index contributed by atoms with van der Waals surface area (Å²) in [5.41, 5.74) is 1.20. The maximum atomic E-state index is 14.4. The zero-order chi connectivity index (χ0) is 21.7. The van der Waals surface area contributed by atoms with E-state index in [4.69, 9.17) is 4.74 Å². The van der Waals surface area contributed by atoms with Crippen LogP contribution in [0.2, 0.25) is 0 Å². The highest BCUT2D eigenvalue weighted by Crippen LogP contribution is 2.29. The fourth-order valence-electron chi connectivity index (χ4n) is 2.93. The van der Waals surface area contributed by atoms with Crippen molar-refractivity contribution in [3.05, 3.63) is 53.6 Å². The van der Waals surface area contributed by atoms with Crippen LogP contribution in [0.1, 0.15) is 31.1 Å². The summed E-state index contributed by atoms with van der Waals surface area (Å²) in [6, 6.07) is 7.69. The van der Waals surface area contributed by atoms with E-state index in [0.717, 1.165) is 12.1 Å². The molecule has 0 fully saturated rings. The zero-order valence-electron chi connectivity index (χ0n) is 17.3. The smallest absolute Gasteiger partial charge is 0.251 e. The van der Waals surface area contributed by atoms with Gasteiger partial charge in [0, 0.05) is 49.0 Å². The van der Waals surface area contributed by atoms with Crippen LogP contribution in [0.3, 0.4) is 0 Å². The molecule has 156 valence electrons. The van der Waals surface area contributed by atoms with Crippen LogP contribution >= 0.6 is 0 Å². The van der Waals surface area contributed by atoms with Gasteiger partial charge in [0.2, 0.25) is 5.91 Å². The number of rotatable bonds is 7. The summed E-state index contributed by atoms with van der Waals surface area (Å²) < 4.78 is 32.7. The number of hydrogen-bond donors (Lipinski definition) is 1. The molecule has 1 atom stereocenters. The SMILES string of the molecule is COC[C@@H](C)NC(=O)c1cc(-c2ccc(F)cc2F)cc(N(C)C(=O)C(C)C)c1. The van der Waals surface area contributed by atoms with E-state index in [1.807, 2.05) is 0 Å². The van der Waals surface area contributed by atoms with E-state index in [-0.39, 0.29) is 34.9 Å². The third kappa shape index (κ3) is 5.60. The number of anilines is 1. The Labute approximate surface area is 169 Å². The number of methoxy groups -OCH3 is 1. The molecule has 0 radical (unpaired) electrons. The minimum Gasteiger partial charge on any atom is -0.383 e. The van der Waals surface area contributed by atoms with Crippen LogP contribution in [0.15, 0.2) is 36.4 Å². The molecule has 0 bridgehead atoms. The van der Waals surface area contributed by atoms with Gasteiger partial charge in [0.1, 0.15) is 11.6 Å². The molecule has 29 heavy (non-hydrogen) atoms. The Morgan fingerprint density at radius 3 is 2.38 bits per heavy atom. The largest absolute Gasteiger partial charge is 0.383 e. The molecule has 0 aromatic heterocycles. The minimum absolute atomic E-state index is 0.137. The second-order valence-corrected chi connectivity index (χ2v) is 7.27. The first-order chi connectivity index (χ1) is 13.6. The fraction of sp³-hybridized carbons (Fsp3) is 0.364. The van der Waals surface area contributed by atoms with E-state index >= 15 is 0 Å². The molecule has 5 nitrogen and oxygen atoms in total. The summed E-state index contributed by atoms with van der Waals surface area (Å²) in [6.07, 6.45) is 0. The third-order valence-corrected chi connectivity index (χ3v) is 4.43. The molecular weight excluding hydrogens is 378 g/mol. The number of nitrogens with one attached hydrogen (secondary N) is 1. The molecule has 0 heterocycles. The summed E-state index contributed by atoms with van der Waals surface area (Å²) in [7, 11) is 3.13. The van der Waals surface area contributed by atoms with Crippen LogP contribution in [-0.2, 0) is 9.53 Å². The Bertz CT molecular complexity index is 900. The molecule has 0 saturated carbocycles. The van der Waals surface area contributed by atoms with Gasteiger partial charge in [-0.15, -0.1) is 0 Å². The monoisotopic (exact) mass is 404 g/mol. The number of carbonyl (C=O) groups excluding carboxylic acids is 2. The molecule has 2 aromatic carbocycles. The van der Waals surface area contributed by atoms with Crippen LogP contribution < -0.4 is 10.2 Å². The average Bonchev–Trinajstić information content (AvgIpc) is 2.66. The Hall–Kier alpha value is -2.80. The van der Waals surface area contributed by atoms with Gasteiger partial charge in [-0.1, -0.05) is 13.8 Å². The molecule has 2 rings (SSSR count). The van der Waals surface area contributed by atoms with Crippen LogP contribution in [-0.4, -0.2) is 38.6 Å². The van der Waals surface area contributed by atoms with Gasteiger partial charge in [0.25, 0.3) is 5.91 Å². The normalized spacial score (nSPS) is 12.0. The molecular formula is C22H26F2N2O3. The lowest BCUT2D eigenvalue weighted by atomic mass is 10.00. The maximum Gasteiger partial charge on any atom is 0.251 e. The molecule has 1 N–H and O–H groups in total. The van der Waals surface area contributed by atoms with Gasteiger partial charge in [0.05, 0.1) is 6.61 Å². The average molecular weight is 404 g/mol. The van der Waals surface area contributed by atoms with Crippen molar-refractivity contribution in [1.82, 2.24) is 5.32 Å². The van der Waals surface area contributed by atoms with Crippen molar-refractivity contribution in [2.45, 2.75) is 26.8 Å². The lowest BCUT2D eigenvalue weighted by Gasteiger charge is -2.22. The topological polar surface area (TPSA) is 58.6 Å². The number of ether oxygens (including phenoxy) is 1. The number of carbonyl (C=O) groups is 2. The standard InChI is InChI=1S/C22H26F2N2O3/c1-13(2)22(28)26(4)18-9-15(19-7-6-17(23)11-20(19)24)8-16(10-18)21(27)25-14(3)12-29-5/h6-11,13-14H,12H2,1-5H3,(H,25,27)/t14-/m1/s1. The number of hydrogen-bond acceptors (Lipinski definition) is 3. The lowest BCUT2D eigenvalue weighted by molar-refractivity contribution is -0.121. The Morgan fingerprint density at radius 1 is 1.10 bits per heavy atom. The van der Waals surface area contributed by atoms with Crippen molar-refractivity contribution < 1.29 is 23.1 Å². The third-order valence-electron chi connectivity index (χ3n) is 4.43. The molecule has 0 spiro atoms. The van der Waals surface area contributed by atoms with Gasteiger partial charge in [-0.2, -0.15) is 0 Å². The van der Waals surface area contributed by atoms with E-state index in [2.05, 4.69) is 5.32 Å². The van der Waals surface area contributed by atoms with Crippen molar-refractivity contribution in [2.24, 2.45) is 5.92 Å². The molecule has 2 amide bonds. The van der Waals surface area contributed by atoms with Crippen molar-refractivity contribution in [1.29, 1.82) is 0 Å². The Balaban J connectivity index is 2.54. The number of nitrogens with zero attached hydrogens (tertiary/aromatic N) is 1. The minimum atomic E-state index is -0.751. The molecule has 2 aromatic rings. The summed E-state index contributed by atoms with van der Waals surface area (Å²) in [4.78, 5) is 26.6. The first-order valence-corrected chi connectivity index (χ1v) is 9.32. The molecule has 0 aliphatic carbocycles. The summed E-state index contributed by atoms with van der Waals surface area (Å²) in [5, 5.41) is 2.80. The highest BCUT2D eigenvalue weighted by Gasteiger charge is 2.19. The molecule has 0 aliphatic rings. The maximum absolute atomic E-state index is 14.4. The van der Waals surface area contributed by atoms with Gasteiger partial charge in [0.15, 0.2) is 0 Å². The summed E-state index contributed by atoms with van der Waals surface area (Å²) in [5.74, 6) is -2.24. The van der Waals surface area contributed by atoms with E-state index < -0.39 is 11.6 Å². The van der Waals surface area contributed by atoms with Crippen molar-refractivity contribution >= 4 is 17.5 Å². The first kappa shape index (κ1) is 22.5. The number of halogens is 2. The van der Waals surface area contributed by atoms with Gasteiger partial charge in [-0.25, -0.2) is 8.78 Å². The molecule has 0 aliphatic heterocycles. The summed E-state index contributed by atoms with van der Waals surface area (Å²) in [6.45, 7) is 5.65. The number of benzene rings is 2. The van der Waals surface area contributed by atoms with Crippen LogP contribution in [0.5, 0.6) is 0 Å². The molecule has 7 heteroatoms. The summed E-state index contributed by atoms with van der Waals surface area (Å²) >= 11 is 0. The van der Waals surface area contributed by atoms with Crippen molar-refractivity contribution in [2.75, 3.05) is 25.7 Å². The predicted octanol–water partition coefficient (Wildman–Crippen LogP) is 4.02. The van der Waals surface area contributed by atoms with E-state index in [9.17, 15) is 18.4 Å². The molecule has 0 saturated heterocycles. The van der Waals surface area contributed by atoms with E-state index in [1.54, 1.807) is 40.0 Å². The highest BCUT2D eigenvalue weighted by molar-refractivity contribution is 6.00. The van der Waals surface area contributed by atoms with Gasteiger partial charge >= 0.3 is 0 Å². The Morgan fingerprint density at radius 2 is 1.79 bits per heavy atom. The zero-order valence-corrected chi connectivity index (χ0v) is 17.3. The predicted molar refractivity (Wildman–Crippen MR) is 109 cm³/mol. The van der Waals surface area contributed by atoms with Crippen LogP contribution in [0, 0.1) is 17.6 Å². The first-order valence-electron chi connectivity index (χ1n) is 9.32. The van der Waals surface area contributed by atoms with E-state index in [1.165, 1.54) is 24.1 Å². The fourth-order valence-corrected chi connectivity index (χ4v) is 2.93. The van der Waals surface area contributed by atoms with Crippen LogP contribution in [0.25, 0.3) is 11.1 Å². The molecule has 0 unspecified atom stereocenters. The Kier molecular flexibility index (Phi) is 7.45. The second kappa shape index (κ2) is 9.60. The quantitative estimate of drug-likeness (QED) is 0.759. The lowest BCUT2D eigenvalue weighted by Crippen LogP contribution is -2.36. The number of amides is 2. The van der Waals surface area contributed by atoms with Crippen molar-refractivity contribution in [3.63, 3.8) is 0 Å². The highest BCUT2D eigenvalue weighted by atomic mass is 19.1.